The van der Waals surface area contributed by atoms with Gasteiger partial charge in [0.25, 0.3) is 0 Å². The number of alkyl halides is 1. The Morgan fingerprint density at radius 3 is 2.72 bits per heavy atom. The Kier molecular flexibility index (Phi) is 6.04. The molecule has 0 radical (unpaired) electrons. The number of aromatic amines is 1. The Morgan fingerprint density at radius 1 is 1.21 bits per heavy atom. The third-order valence-corrected chi connectivity index (χ3v) is 7.73. The van der Waals surface area contributed by atoms with Crippen LogP contribution in [-0.2, 0) is 19.5 Å². The topological polar surface area (TPSA) is 79.4 Å². The second-order valence-electron chi connectivity index (χ2n) is 6.83. The van der Waals surface area contributed by atoms with Crippen molar-refractivity contribution < 1.29 is 31.0 Å². The van der Waals surface area contributed by atoms with Crippen molar-refractivity contribution in [1.82, 2.24) is 23.3 Å². The fourth-order valence-electron chi connectivity index (χ4n) is 3.74. The van der Waals surface area contributed by atoms with Gasteiger partial charge in [0.2, 0.25) is 0 Å². The second-order valence-corrected chi connectivity index (χ2v) is 9.16. The van der Waals surface area contributed by atoms with Crippen LogP contribution in [0, 0.1) is 0 Å². The molecule has 0 atom stereocenters. The summed E-state index contributed by atoms with van der Waals surface area (Å²) in [6.45, 7) is 5.86. The number of anilines is 1. The maximum atomic E-state index is 5.50. The van der Waals surface area contributed by atoms with Gasteiger partial charge in [0.15, 0.2) is 0 Å². The van der Waals surface area contributed by atoms with E-state index in [1.165, 1.54) is 11.3 Å². The first-order valence-electron chi connectivity index (χ1n) is 9.59. The van der Waals surface area contributed by atoms with Gasteiger partial charge in [-0.1, -0.05) is 0 Å². The monoisotopic (exact) mass is 509 g/mol. The first-order valence-corrected chi connectivity index (χ1v) is 12.7. The van der Waals surface area contributed by atoms with E-state index in [2.05, 4.69) is 40.0 Å². The standard InChI is InChI=1S/C20H26IN6O2/c1-5-27(21-2)11-17-14-10-26(7-6-15(14)24-25-17)20-13-8-18(28-3)19(29-4)9-16(13)22-12-23-20/h8-9,12H,5-7,10-11H2,1-4H3,(H,24,25)/q-1. The minimum absolute atomic E-state index is 0.0490. The summed E-state index contributed by atoms with van der Waals surface area (Å²) in [7, 11) is 3.28. The van der Waals surface area contributed by atoms with Crippen LogP contribution in [0.5, 0.6) is 11.5 Å². The molecule has 0 unspecified atom stereocenters. The van der Waals surface area contributed by atoms with E-state index in [0.29, 0.717) is 11.5 Å². The maximum absolute atomic E-state index is 5.50. The molecule has 29 heavy (non-hydrogen) atoms. The van der Waals surface area contributed by atoms with Crippen LogP contribution in [0.2, 0.25) is 0 Å². The molecule has 0 aliphatic carbocycles. The number of rotatable bonds is 7. The molecular weight excluding hydrogens is 483 g/mol. The number of nitrogens with zero attached hydrogens (tertiary/aromatic N) is 5. The van der Waals surface area contributed by atoms with E-state index in [0.717, 1.165) is 55.0 Å². The molecular formula is C20H26IN6O2-. The van der Waals surface area contributed by atoms with E-state index >= 15 is 0 Å². The Labute approximate surface area is 181 Å². The number of hydrogen-bond acceptors (Lipinski definition) is 7. The molecule has 4 rings (SSSR count). The summed E-state index contributed by atoms with van der Waals surface area (Å²) in [5, 5.41) is 8.86. The number of hydrogen-bond donors (Lipinski definition) is 1. The average Bonchev–Trinajstić information content (AvgIpc) is 3.17. The molecule has 0 spiro atoms. The fraction of sp³-hybridized carbons (Fsp3) is 0.450. The van der Waals surface area contributed by atoms with E-state index in [-0.39, 0.29) is 21.5 Å². The van der Waals surface area contributed by atoms with E-state index in [1.807, 2.05) is 12.1 Å². The summed E-state index contributed by atoms with van der Waals surface area (Å²) < 4.78 is 13.4. The van der Waals surface area contributed by atoms with Crippen molar-refractivity contribution in [1.29, 1.82) is 0 Å². The normalized spacial score (nSPS) is 13.9. The molecule has 9 heteroatoms. The van der Waals surface area contributed by atoms with Crippen LogP contribution in [0.3, 0.4) is 0 Å². The molecule has 0 saturated carbocycles. The van der Waals surface area contributed by atoms with Crippen molar-refractivity contribution in [2.24, 2.45) is 0 Å². The molecule has 3 heterocycles. The van der Waals surface area contributed by atoms with Gasteiger partial charge in [0.05, 0.1) is 7.11 Å². The van der Waals surface area contributed by atoms with Crippen LogP contribution in [-0.4, -0.2) is 55.5 Å². The first kappa shape index (κ1) is 20.1. The summed E-state index contributed by atoms with van der Waals surface area (Å²) in [4.78, 5) is 13.7. The molecule has 1 N–H and O–H groups in total. The van der Waals surface area contributed by atoms with Crippen LogP contribution >= 0.6 is 0 Å². The van der Waals surface area contributed by atoms with E-state index in [4.69, 9.17) is 9.47 Å². The van der Waals surface area contributed by atoms with E-state index in [9.17, 15) is 0 Å². The molecule has 0 amide bonds. The number of fused-ring (bicyclic) bond motifs is 2. The van der Waals surface area contributed by atoms with E-state index in [1.54, 1.807) is 20.5 Å². The third kappa shape index (κ3) is 3.85. The van der Waals surface area contributed by atoms with Crippen molar-refractivity contribution >= 4 is 16.7 Å². The SMILES string of the molecule is CCN(Cc1n[nH]c2c1CN(c1ncnc3cc(OC)c(OC)cc13)CC2)[I-]C. The Bertz CT molecular complexity index is 1000. The third-order valence-electron chi connectivity index (χ3n) is 5.34. The van der Waals surface area contributed by atoms with Crippen LogP contribution in [0.15, 0.2) is 18.5 Å². The number of aromatic nitrogens is 4. The van der Waals surface area contributed by atoms with Crippen molar-refractivity contribution in [2.75, 3.05) is 37.1 Å². The van der Waals surface area contributed by atoms with Gasteiger partial charge in [-0.15, -0.1) is 0 Å². The molecule has 1 aromatic carbocycles. The van der Waals surface area contributed by atoms with Crippen LogP contribution in [0.25, 0.3) is 10.9 Å². The molecule has 156 valence electrons. The zero-order chi connectivity index (χ0) is 20.4. The van der Waals surface area contributed by atoms with Crippen LogP contribution in [0.1, 0.15) is 23.9 Å². The van der Waals surface area contributed by atoms with Gasteiger partial charge in [-0.25, -0.2) is 0 Å². The zero-order valence-corrected chi connectivity index (χ0v) is 19.4. The summed E-state index contributed by atoms with van der Waals surface area (Å²) in [6.07, 6.45) is 2.55. The number of ether oxygens (including phenoxy) is 2. The van der Waals surface area contributed by atoms with Gasteiger partial charge in [0, 0.05) is 0 Å². The van der Waals surface area contributed by atoms with Crippen LogP contribution in [0.4, 0.5) is 5.82 Å². The van der Waals surface area contributed by atoms with Crippen LogP contribution < -0.4 is 35.9 Å². The van der Waals surface area contributed by atoms with Gasteiger partial charge in [0.1, 0.15) is 0 Å². The first-order chi connectivity index (χ1) is 14.2. The predicted octanol–water partition coefficient (Wildman–Crippen LogP) is -0.611. The number of benzene rings is 1. The Balaban J connectivity index is 1.69. The number of methoxy groups -OCH3 is 2. The summed E-state index contributed by atoms with van der Waals surface area (Å²) >= 11 is 0.0490. The molecule has 0 fully saturated rings. The van der Waals surface area contributed by atoms with Gasteiger partial charge >= 0.3 is 174 Å². The number of nitrogens with one attached hydrogen (secondary N) is 1. The predicted molar refractivity (Wildman–Crippen MR) is 108 cm³/mol. The second kappa shape index (κ2) is 8.70. The van der Waals surface area contributed by atoms with Crippen molar-refractivity contribution in [2.45, 2.75) is 26.4 Å². The molecule has 1 aliphatic rings. The number of halogens is 1. The molecule has 8 nitrogen and oxygen atoms in total. The fourth-order valence-corrected chi connectivity index (χ4v) is 5.09. The van der Waals surface area contributed by atoms with Gasteiger partial charge < -0.3 is 0 Å². The number of H-pyrrole nitrogens is 1. The minimum atomic E-state index is 0.0490. The average molecular weight is 509 g/mol. The van der Waals surface area contributed by atoms with Crippen molar-refractivity contribution in [3.05, 3.63) is 35.4 Å². The van der Waals surface area contributed by atoms with E-state index < -0.39 is 0 Å². The molecule has 0 saturated heterocycles. The van der Waals surface area contributed by atoms with Gasteiger partial charge in [-0.05, 0) is 0 Å². The van der Waals surface area contributed by atoms with Crippen molar-refractivity contribution in [3.63, 3.8) is 0 Å². The molecule has 1 aliphatic heterocycles. The Morgan fingerprint density at radius 2 is 2.00 bits per heavy atom. The quantitative estimate of drug-likeness (QED) is 0.259. The summed E-state index contributed by atoms with van der Waals surface area (Å²) in [5.74, 6) is 2.28. The van der Waals surface area contributed by atoms with Gasteiger partial charge in [-0.2, -0.15) is 0 Å². The van der Waals surface area contributed by atoms with Gasteiger partial charge in [-0.3, -0.25) is 0 Å². The Hall–Kier alpha value is -2.14. The molecule has 2 aromatic heterocycles. The summed E-state index contributed by atoms with van der Waals surface area (Å²) in [6, 6.07) is 3.87. The summed E-state index contributed by atoms with van der Waals surface area (Å²) in [5.41, 5.74) is 4.56. The molecule has 0 bridgehead atoms. The molecule has 3 aromatic rings. The van der Waals surface area contributed by atoms with Crippen molar-refractivity contribution in [3.8, 4) is 11.5 Å². The zero-order valence-electron chi connectivity index (χ0n) is 17.2.